The smallest absolute Gasteiger partial charge is 0.308 e. The summed E-state index contributed by atoms with van der Waals surface area (Å²) < 4.78 is 5.11. The van der Waals surface area contributed by atoms with Crippen molar-refractivity contribution in [2.24, 2.45) is 4.99 Å². The molecule has 0 aliphatic carbocycles. The number of nitrogens with zero attached hydrogens (tertiary/aromatic N) is 4. The topological polar surface area (TPSA) is 175 Å². The van der Waals surface area contributed by atoms with E-state index in [-0.39, 0.29) is 28.8 Å². The van der Waals surface area contributed by atoms with Crippen molar-refractivity contribution in [1.29, 1.82) is 10.5 Å². The van der Waals surface area contributed by atoms with Gasteiger partial charge in [-0.15, -0.1) is 0 Å². The lowest BCUT2D eigenvalue weighted by Crippen LogP contribution is -2.32. The lowest BCUT2D eigenvalue weighted by Gasteiger charge is -2.26. The minimum absolute atomic E-state index is 0.0353. The molecule has 0 amide bonds. The van der Waals surface area contributed by atoms with Crippen LogP contribution in [-0.4, -0.2) is 16.9 Å². The molecule has 6 N–H and O–H groups in total. The summed E-state index contributed by atoms with van der Waals surface area (Å²) in [4.78, 5) is 19.8. The molecule has 1 aliphatic rings. The van der Waals surface area contributed by atoms with Crippen molar-refractivity contribution in [3.8, 4) is 18.0 Å². The third-order valence-corrected chi connectivity index (χ3v) is 3.79. The number of nitrogen functional groups attached to an aromatic ring is 2. The molecule has 1 unspecified atom stereocenters. The number of pyridine rings is 1. The van der Waals surface area contributed by atoms with Crippen molar-refractivity contribution in [2.75, 3.05) is 16.8 Å². The van der Waals surface area contributed by atoms with E-state index in [9.17, 15) is 10.1 Å². The van der Waals surface area contributed by atoms with Crippen molar-refractivity contribution in [2.45, 2.75) is 13.0 Å². The Labute approximate surface area is 154 Å². The van der Waals surface area contributed by atoms with Crippen LogP contribution >= 0.6 is 0 Å². The van der Waals surface area contributed by atoms with Crippen LogP contribution in [0.2, 0.25) is 0 Å². The number of nitriles is 2. The molecule has 134 valence electrons. The Hall–Kier alpha value is -4.31. The first kappa shape index (κ1) is 17.5. The Morgan fingerprint density at radius 1 is 1.37 bits per heavy atom. The maximum atomic E-state index is 11.2. The van der Waals surface area contributed by atoms with Crippen molar-refractivity contribution >= 4 is 29.3 Å². The van der Waals surface area contributed by atoms with Crippen LogP contribution in [0.15, 0.2) is 29.3 Å². The first-order valence-electron chi connectivity index (χ1n) is 7.71. The second-order valence-electron chi connectivity index (χ2n) is 5.57. The summed E-state index contributed by atoms with van der Waals surface area (Å²) in [5.74, 6) is 0.247. The molecule has 0 bridgehead atoms. The van der Waals surface area contributed by atoms with Gasteiger partial charge in [0.2, 0.25) is 5.96 Å². The van der Waals surface area contributed by atoms with Gasteiger partial charge in [-0.25, -0.2) is 9.98 Å². The summed E-state index contributed by atoms with van der Waals surface area (Å²) in [6.45, 7) is 1.30. The number of benzene rings is 1. The Bertz CT molecular complexity index is 1050. The van der Waals surface area contributed by atoms with Crippen molar-refractivity contribution < 1.29 is 9.53 Å². The van der Waals surface area contributed by atoms with Crippen LogP contribution in [0.3, 0.4) is 0 Å². The fourth-order valence-electron chi connectivity index (χ4n) is 2.74. The van der Waals surface area contributed by atoms with Gasteiger partial charge < -0.3 is 21.5 Å². The highest BCUT2D eigenvalue weighted by Crippen LogP contribution is 2.41. The van der Waals surface area contributed by atoms with Crippen molar-refractivity contribution in [3.05, 3.63) is 41.0 Å². The molecule has 10 heteroatoms. The van der Waals surface area contributed by atoms with Gasteiger partial charge in [-0.1, -0.05) is 12.1 Å². The van der Waals surface area contributed by atoms with Crippen molar-refractivity contribution in [3.63, 3.8) is 0 Å². The molecule has 0 saturated heterocycles. The molecule has 1 atom stereocenters. The van der Waals surface area contributed by atoms with E-state index in [4.69, 9.17) is 21.5 Å². The number of fused-ring (bicyclic) bond motifs is 1. The lowest BCUT2D eigenvalue weighted by molar-refractivity contribution is -0.131. The third kappa shape index (κ3) is 3.27. The molecule has 1 aromatic carbocycles. The summed E-state index contributed by atoms with van der Waals surface area (Å²) >= 11 is 0. The van der Waals surface area contributed by atoms with E-state index >= 15 is 0 Å². The molecule has 1 aliphatic heterocycles. The molecule has 0 radical (unpaired) electrons. The zero-order valence-electron chi connectivity index (χ0n) is 14.1. The summed E-state index contributed by atoms with van der Waals surface area (Å²) in [5.41, 5.74) is 13.2. The molecule has 0 fully saturated rings. The van der Waals surface area contributed by atoms with Gasteiger partial charge in [-0.2, -0.15) is 10.5 Å². The number of carbonyl (C=O) groups excluding carboxylic acids is 1. The first-order chi connectivity index (χ1) is 12.9. The number of aliphatic imine (C=N–C) groups is 1. The van der Waals surface area contributed by atoms with E-state index in [2.05, 4.69) is 20.6 Å². The lowest BCUT2D eigenvalue weighted by atomic mass is 9.95. The van der Waals surface area contributed by atoms with E-state index < -0.39 is 12.0 Å². The number of guanidine groups is 1. The van der Waals surface area contributed by atoms with Crippen LogP contribution in [0.4, 0.5) is 17.3 Å². The second kappa shape index (κ2) is 6.90. The monoisotopic (exact) mass is 362 g/mol. The Balaban J connectivity index is 2.19. The standard InChI is InChI=1S/C17H14N8O2/c1-8(26)27-10-4-2-3-9(5-10)14-12-13(20)11(6-18)15(21)24-16(12)25-17(23-14)22-7-19/h2-5,14H,1H3,(H6,20,21,22,23,24,25). The van der Waals surface area contributed by atoms with Crippen LogP contribution in [0.25, 0.3) is 0 Å². The van der Waals surface area contributed by atoms with Crippen molar-refractivity contribution in [1.82, 2.24) is 10.3 Å². The molecule has 3 rings (SSSR count). The number of nitrogens with one attached hydrogen (secondary N) is 2. The average Bonchev–Trinajstić information content (AvgIpc) is 2.61. The Kier molecular flexibility index (Phi) is 4.47. The van der Waals surface area contributed by atoms with Gasteiger partial charge in [0.15, 0.2) is 6.19 Å². The Morgan fingerprint density at radius 2 is 2.15 bits per heavy atom. The van der Waals surface area contributed by atoms with E-state index in [0.717, 1.165) is 0 Å². The number of ether oxygens (including phenoxy) is 1. The molecule has 10 nitrogen and oxygen atoms in total. The first-order valence-corrected chi connectivity index (χ1v) is 7.71. The molecule has 0 spiro atoms. The third-order valence-electron chi connectivity index (χ3n) is 3.79. The van der Waals surface area contributed by atoms with E-state index in [0.29, 0.717) is 16.9 Å². The summed E-state index contributed by atoms with van der Waals surface area (Å²) in [6, 6.07) is 7.92. The minimum Gasteiger partial charge on any atom is -0.427 e. The summed E-state index contributed by atoms with van der Waals surface area (Å²) in [5, 5.41) is 23.5. The number of aromatic nitrogens is 1. The molecule has 1 aromatic heterocycles. The van der Waals surface area contributed by atoms with Crippen LogP contribution in [0.5, 0.6) is 5.75 Å². The highest BCUT2D eigenvalue weighted by molar-refractivity contribution is 5.98. The average molecular weight is 362 g/mol. The zero-order chi connectivity index (χ0) is 19.6. The zero-order valence-corrected chi connectivity index (χ0v) is 14.1. The predicted octanol–water partition coefficient (Wildman–Crippen LogP) is 0.985. The van der Waals surface area contributed by atoms with E-state index in [1.165, 1.54) is 6.92 Å². The number of hydrogen-bond acceptors (Lipinski definition) is 10. The van der Waals surface area contributed by atoms with Crippen LogP contribution in [0.1, 0.15) is 29.7 Å². The molecular formula is C17H14N8O2. The maximum absolute atomic E-state index is 11.2. The molecular weight excluding hydrogens is 348 g/mol. The number of rotatable bonds is 2. The number of anilines is 3. The molecule has 27 heavy (non-hydrogen) atoms. The minimum atomic E-state index is -0.701. The Morgan fingerprint density at radius 3 is 2.81 bits per heavy atom. The molecule has 0 saturated carbocycles. The number of carbonyl (C=O) groups is 1. The maximum Gasteiger partial charge on any atom is 0.308 e. The largest absolute Gasteiger partial charge is 0.427 e. The molecule has 2 heterocycles. The summed E-state index contributed by atoms with van der Waals surface area (Å²) in [7, 11) is 0. The van der Waals surface area contributed by atoms with Gasteiger partial charge in [0.25, 0.3) is 0 Å². The van der Waals surface area contributed by atoms with Gasteiger partial charge in [0.05, 0.1) is 5.69 Å². The number of nitrogens with two attached hydrogens (primary N) is 2. The number of hydrogen-bond donors (Lipinski definition) is 4. The SMILES string of the molecule is CC(=O)Oc1cccc(C2N=C(NC#N)Nc3nc(N)c(C#N)c(N)c32)c1. The van der Waals surface area contributed by atoms with Gasteiger partial charge in [0, 0.05) is 12.5 Å². The quantitative estimate of drug-likeness (QED) is 0.262. The fraction of sp³-hybridized carbons (Fsp3) is 0.118. The molecule has 2 aromatic rings. The summed E-state index contributed by atoms with van der Waals surface area (Å²) in [6.07, 6.45) is 1.77. The normalized spacial score (nSPS) is 14.6. The van der Waals surface area contributed by atoms with Crippen LogP contribution < -0.4 is 26.8 Å². The number of esters is 1. The van der Waals surface area contributed by atoms with Gasteiger partial charge in [-0.05, 0) is 17.7 Å². The second-order valence-corrected chi connectivity index (χ2v) is 5.57. The van der Waals surface area contributed by atoms with Gasteiger partial charge >= 0.3 is 5.97 Å². The van der Waals surface area contributed by atoms with E-state index in [1.54, 1.807) is 30.5 Å². The highest BCUT2D eigenvalue weighted by Gasteiger charge is 2.29. The predicted molar refractivity (Wildman–Crippen MR) is 97.2 cm³/mol. The van der Waals surface area contributed by atoms with Gasteiger partial charge in [0.1, 0.15) is 35.1 Å². The van der Waals surface area contributed by atoms with Crippen LogP contribution in [0, 0.1) is 22.8 Å². The van der Waals surface area contributed by atoms with Crippen LogP contribution in [-0.2, 0) is 4.79 Å². The van der Waals surface area contributed by atoms with Gasteiger partial charge in [-0.3, -0.25) is 10.1 Å². The highest BCUT2D eigenvalue weighted by atomic mass is 16.5. The van der Waals surface area contributed by atoms with E-state index in [1.807, 2.05) is 6.07 Å². The fourth-order valence-corrected chi connectivity index (χ4v) is 2.74.